The first-order valence-electron chi connectivity index (χ1n) is 8.80. The summed E-state index contributed by atoms with van der Waals surface area (Å²) in [5, 5.41) is 0. The number of likely N-dealkylation sites (tertiary alicyclic amines) is 1. The van der Waals surface area contributed by atoms with Crippen molar-refractivity contribution >= 4 is 5.91 Å². The van der Waals surface area contributed by atoms with Gasteiger partial charge in [-0.1, -0.05) is 31.9 Å². The maximum atomic E-state index is 13.4. The average Bonchev–Trinajstić information content (AvgIpc) is 2.91. The molecule has 0 bridgehead atoms. The van der Waals surface area contributed by atoms with Crippen molar-refractivity contribution in [1.82, 2.24) is 4.90 Å². The summed E-state index contributed by atoms with van der Waals surface area (Å²) in [4.78, 5) is 14.8. The molecule has 0 spiro atoms. The number of aryl methyl sites for hydroxylation is 1. The van der Waals surface area contributed by atoms with E-state index in [1.807, 2.05) is 17.0 Å². The molecule has 0 aliphatic carbocycles. The largest absolute Gasteiger partial charge is 0.464 e. The molecule has 0 N–H and O–H groups in total. The van der Waals surface area contributed by atoms with Gasteiger partial charge < -0.3 is 9.32 Å². The zero-order valence-electron chi connectivity index (χ0n) is 14.1. The Balaban J connectivity index is 1.79. The van der Waals surface area contributed by atoms with Crippen molar-refractivity contribution in [3.63, 3.8) is 0 Å². The summed E-state index contributed by atoms with van der Waals surface area (Å²) in [6, 6.07) is 10.3. The van der Waals surface area contributed by atoms with Crippen molar-refractivity contribution in [3.05, 3.63) is 59.3 Å². The zero-order chi connectivity index (χ0) is 16.9. The summed E-state index contributed by atoms with van der Waals surface area (Å²) < 4.78 is 19.3. The minimum absolute atomic E-state index is 0.00569. The Morgan fingerprint density at radius 2 is 2.12 bits per heavy atom. The molecule has 1 aromatic heterocycles. The predicted octanol–water partition coefficient (Wildman–Crippen LogP) is 4.67. The Hall–Kier alpha value is -2.10. The first-order chi connectivity index (χ1) is 11.7. The van der Waals surface area contributed by atoms with Crippen molar-refractivity contribution < 1.29 is 13.6 Å². The summed E-state index contributed by atoms with van der Waals surface area (Å²) in [5.41, 5.74) is 0.719. The monoisotopic (exact) mass is 329 g/mol. The lowest BCUT2D eigenvalue weighted by atomic mass is 10.1. The van der Waals surface area contributed by atoms with Crippen LogP contribution in [0, 0.1) is 5.82 Å². The second kappa shape index (κ2) is 7.65. The van der Waals surface area contributed by atoms with Crippen LogP contribution in [0.4, 0.5) is 4.39 Å². The van der Waals surface area contributed by atoms with Gasteiger partial charge >= 0.3 is 0 Å². The molecule has 1 aliphatic rings. The van der Waals surface area contributed by atoms with Crippen molar-refractivity contribution in [1.29, 1.82) is 0 Å². The van der Waals surface area contributed by atoms with Crippen molar-refractivity contribution in [2.75, 3.05) is 6.54 Å². The molecule has 128 valence electrons. The number of furan rings is 1. The third-order valence-electron chi connectivity index (χ3n) is 4.68. The summed E-state index contributed by atoms with van der Waals surface area (Å²) in [6.45, 7) is 2.80. The Labute approximate surface area is 142 Å². The Kier molecular flexibility index (Phi) is 5.34. The van der Waals surface area contributed by atoms with Crippen LogP contribution in [0.15, 0.2) is 40.8 Å². The Morgan fingerprint density at radius 1 is 1.25 bits per heavy atom. The smallest absolute Gasteiger partial charge is 0.227 e. The summed E-state index contributed by atoms with van der Waals surface area (Å²) in [7, 11) is 0. The second-order valence-corrected chi connectivity index (χ2v) is 6.42. The Morgan fingerprint density at radius 3 is 2.88 bits per heavy atom. The number of rotatable bonds is 4. The van der Waals surface area contributed by atoms with E-state index in [9.17, 15) is 9.18 Å². The van der Waals surface area contributed by atoms with Crippen LogP contribution in [-0.2, 0) is 17.6 Å². The molecule has 1 fully saturated rings. The number of carbonyl (C=O) groups excluding carboxylic acids is 1. The average molecular weight is 329 g/mol. The van der Waals surface area contributed by atoms with Gasteiger partial charge in [-0.3, -0.25) is 4.79 Å². The number of halogens is 1. The number of carbonyl (C=O) groups is 1. The predicted molar refractivity (Wildman–Crippen MR) is 91.1 cm³/mol. The first-order valence-corrected chi connectivity index (χ1v) is 8.80. The van der Waals surface area contributed by atoms with Gasteiger partial charge in [-0.15, -0.1) is 0 Å². The van der Waals surface area contributed by atoms with Crippen molar-refractivity contribution in [2.45, 2.75) is 51.5 Å². The number of hydrogen-bond acceptors (Lipinski definition) is 2. The quantitative estimate of drug-likeness (QED) is 0.817. The molecule has 24 heavy (non-hydrogen) atoms. The van der Waals surface area contributed by atoms with E-state index in [0.717, 1.165) is 55.7 Å². The summed E-state index contributed by atoms with van der Waals surface area (Å²) >= 11 is 0. The summed E-state index contributed by atoms with van der Waals surface area (Å²) in [5.74, 6) is 1.57. The third-order valence-corrected chi connectivity index (χ3v) is 4.68. The van der Waals surface area contributed by atoms with Gasteiger partial charge in [0, 0.05) is 13.0 Å². The lowest BCUT2D eigenvalue weighted by Gasteiger charge is -2.29. The van der Waals surface area contributed by atoms with Crippen LogP contribution < -0.4 is 0 Å². The molecule has 1 aliphatic heterocycles. The zero-order valence-corrected chi connectivity index (χ0v) is 14.1. The fraction of sp³-hybridized carbons (Fsp3) is 0.450. The van der Waals surface area contributed by atoms with Gasteiger partial charge in [0.05, 0.1) is 12.5 Å². The topological polar surface area (TPSA) is 33.5 Å². The van der Waals surface area contributed by atoms with E-state index < -0.39 is 0 Å². The van der Waals surface area contributed by atoms with E-state index in [0.29, 0.717) is 0 Å². The van der Waals surface area contributed by atoms with Gasteiger partial charge in [-0.25, -0.2) is 4.39 Å². The van der Waals surface area contributed by atoms with Crippen LogP contribution in [0.1, 0.15) is 55.7 Å². The molecule has 4 heteroatoms. The highest BCUT2D eigenvalue weighted by Gasteiger charge is 2.28. The molecule has 1 atom stereocenters. The molecule has 3 nitrogen and oxygen atoms in total. The number of nitrogens with zero attached hydrogens (tertiary/aromatic N) is 1. The van der Waals surface area contributed by atoms with Crippen LogP contribution in [0.2, 0.25) is 0 Å². The van der Waals surface area contributed by atoms with E-state index in [1.165, 1.54) is 12.1 Å². The fourth-order valence-electron chi connectivity index (χ4n) is 3.39. The maximum Gasteiger partial charge on any atom is 0.227 e. The SMILES string of the molecule is CCc1ccc([C@@H]2CCCCCN2C(=O)Cc2cccc(F)c2)o1. The van der Waals surface area contributed by atoms with Crippen LogP contribution in [0.3, 0.4) is 0 Å². The van der Waals surface area contributed by atoms with Gasteiger partial charge in [-0.05, 0) is 42.7 Å². The van der Waals surface area contributed by atoms with Gasteiger partial charge in [0.2, 0.25) is 5.91 Å². The molecular formula is C20H24FNO2. The summed E-state index contributed by atoms with van der Waals surface area (Å²) in [6.07, 6.45) is 5.23. The van der Waals surface area contributed by atoms with E-state index >= 15 is 0 Å². The number of benzene rings is 1. The lowest BCUT2D eigenvalue weighted by molar-refractivity contribution is -0.133. The Bertz CT molecular complexity index is 694. The minimum Gasteiger partial charge on any atom is -0.464 e. The molecule has 1 amide bonds. The molecule has 2 aromatic rings. The van der Waals surface area contributed by atoms with Gasteiger partial charge in [0.15, 0.2) is 0 Å². The number of amides is 1. The van der Waals surface area contributed by atoms with Gasteiger partial charge in [0.25, 0.3) is 0 Å². The molecule has 0 radical (unpaired) electrons. The van der Waals surface area contributed by atoms with Crippen LogP contribution >= 0.6 is 0 Å². The van der Waals surface area contributed by atoms with Crippen LogP contribution in [0.5, 0.6) is 0 Å². The minimum atomic E-state index is -0.300. The molecule has 2 heterocycles. The van der Waals surface area contributed by atoms with Crippen LogP contribution in [0.25, 0.3) is 0 Å². The normalized spacial score (nSPS) is 18.4. The molecule has 3 rings (SSSR count). The van der Waals surface area contributed by atoms with E-state index in [-0.39, 0.29) is 24.2 Å². The maximum absolute atomic E-state index is 13.4. The standard InChI is InChI=1S/C20H24FNO2/c1-2-17-10-11-19(24-17)18-9-4-3-5-12-22(18)20(23)14-15-7-6-8-16(21)13-15/h6-8,10-11,13,18H,2-5,9,12,14H2,1H3/t18-/m0/s1. The van der Waals surface area contributed by atoms with E-state index in [4.69, 9.17) is 4.42 Å². The van der Waals surface area contributed by atoms with Gasteiger partial charge in [0.1, 0.15) is 17.3 Å². The third kappa shape index (κ3) is 3.86. The lowest BCUT2D eigenvalue weighted by Crippen LogP contribution is -2.35. The van der Waals surface area contributed by atoms with Crippen LogP contribution in [-0.4, -0.2) is 17.4 Å². The molecule has 1 aromatic carbocycles. The second-order valence-electron chi connectivity index (χ2n) is 6.42. The first kappa shape index (κ1) is 16.7. The highest BCUT2D eigenvalue weighted by atomic mass is 19.1. The fourth-order valence-corrected chi connectivity index (χ4v) is 3.39. The van der Waals surface area contributed by atoms with E-state index in [1.54, 1.807) is 12.1 Å². The van der Waals surface area contributed by atoms with Crippen molar-refractivity contribution in [3.8, 4) is 0 Å². The van der Waals surface area contributed by atoms with E-state index in [2.05, 4.69) is 6.92 Å². The molecule has 0 unspecified atom stereocenters. The molecule has 0 saturated carbocycles. The highest BCUT2D eigenvalue weighted by molar-refractivity contribution is 5.79. The number of hydrogen-bond donors (Lipinski definition) is 0. The highest BCUT2D eigenvalue weighted by Crippen LogP contribution is 2.32. The van der Waals surface area contributed by atoms with Gasteiger partial charge in [-0.2, -0.15) is 0 Å². The van der Waals surface area contributed by atoms with Crippen molar-refractivity contribution in [2.24, 2.45) is 0 Å². The molecule has 1 saturated heterocycles. The molecular weight excluding hydrogens is 305 g/mol.